The first-order valence-corrected chi connectivity index (χ1v) is 14.8. The number of nitrogens with zero attached hydrogens (tertiary/aromatic N) is 6. The normalized spacial score (nSPS) is 17.9. The molecule has 1 aromatic carbocycles. The SMILES string of the molecule is Cc1cc(Nc2nncn2C2CCc3cc4cnc(C5CC5)cc4c(S(=O)(=O)NCC(C)(C)F)c3C2)n(C)n1. The van der Waals surface area contributed by atoms with Crippen LogP contribution in [0.15, 0.2) is 35.6 Å². The van der Waals surface area contributed by atoms with E-state index in [1.807, 2.05) is 30.7 Å². The summed E-state index contributed by atoms with van der Waals surface area (Å²) in [6.45, 7) is 4.34. The van der Waals surface area contributed by atoms with E-state index in [0.717, 1.165) is 53.0 Å². The molecule has 0 saturated heterocycles. The number of fused-ring (bicyclic) bond motifs is 2. The molecule has 6 rings (SSSR count). The minimum absolute atomic E-state index is 0.0712. The predicted octanol–water partition coefficient (Wildman–Crippen LogP) is 4.25. The van der Waals surface area contributed by atoms with Gasteiger partial charge in [-0.2, -0.15) is 5.10 Å². The van der Waals surface area contributed by atoms with Gasteiger partial charge in [-0.15, -0.1) is 10.2 Å². The Morgan fingerprint density at radius 1 is 1.18 bits per heavy atom. The Hall–Kier alpha value is -3.38. The van der Waals surface area contributed by atoms with Crippen molar-refractivity contribution in [2.75, 3.05) is 11.9 Å². The molecule has 0 radical (unpaired) electrons. The maximum Gasteiger partial charge on any atom is 0.241 e. The van der Waals surface area contributed by atoms with Gasteiger partial charge in [0.1, 0.15) is 17.8 Å². The van der Waals surface area contributed by atoms with Crippen molar-refractivity contribution in [1.29, 1.82) is 0 Å². The highest BCUT2D eigenvalue weighted by molar-refractivity contribution is 7.89. The molecular weight excluding hydrogens is 519 g/mol. The lowest BCUT2D eigenvalue weighted by atomic mass is 9.86. The first-order chi connectivity index (χ1) is 18.5. The summed E-state index contributed by atoms with van der Waals surface area (Å²) in [7, 11) is -2.17. The van der Waals surface area contributed by atoms with Gasteiger partial charge in [-0.25, -0.2) is 17.5 Å². The van der Waals surface area contributed by atoms with Crippen molar-refractivity contribution >= 4 is 32.6 Å². The van der Waals surface area contributed by atoms with Gasteiger partial charge in [0.15, 0.2) is 0 Å². The zero-order chi connectivity index (χ0) is 27.5. The number of anilines is 2. The highest BCUT2D eigenvalue weighted by Gasteiger charge is 2.33. The second-order valence-corrected chi connectivity index (χ2v) is 13.1. The van der Waals surface area contributed by atoms with Gasteiger partial charge in [0.2, 0.25) is 16.0 Å². The van der Waals surface area contributed by atoms with Gasteiger partial charge >= 0.3 is 0 Å². The minimum Gasteiger partial charge on any atom is -0.309 e. The smallest absolute Gasteiger partial charge is 0.241 e. The Morgan fingerprint density at radius 3 is 2.67 bits per heavy atom. The lowest BCUT2D eigenvalue weighted by molar-refractivity contribution is 0.221. The number of benzene rings is 1. The highest BCUT2D eigenvalue weighted by Crippen LogP contribution is 2.43. The second kappa shape index (κ2) is 9.37. The third-order valence-electron chi connectivity index (χ3n) is 7.53. The van der Waals surface area contributed by atoms with E-state index < -0.39 is 15.7 Å². The van der Waals surface area contributed by atoms with Crippen molar-refractivity contribution in [2.24, 2.45) is 7.05 Å². The molecule has 1 atom stereocenters. The number of hydrogen-bond acceptors (Lipinski definition) is 7. The molecule has 10 nitrogen and oxygen atoms in total. The maximum atomic E-state index is 14.4. The quantitative estimate of drug-likeness (QED) is 0.335. The molecule has 0 aliphatic heterocycles. The standard InChI is InChI=1S/C27H33FN8O2S/c1-16-9-24(35(4)34-16)32-26-33-30-15-36(26)20-8-7-18-10-19-13-29-23(17-5-6-17)12-22(19)25(21(18)11-20)39(37,38)31-14-27(2,3)28/h9-10,12-13,15,17,20,31H,5-8,11,14H2,1-4H3,(H,32,33). The zero-order valence-electron chi connectivity index (χ0n) is 22.6. The van der Waals surface area contributed by atoms with Crippen molar-refractivity contribution in [3.05, 3.63) is 53.2 Å². The number of halogens is 1. The van der Waals surface area contributed by atoms with Crippen molar-refractivity contribution in [3.8, 4) is 0 Å². The summed E-state index contributed by atoms with van der Waals surface area (Å²) in [5.41, 5.74) is 1.84. The zero-order valence-corrected chi connectivity index (χ0v) is 23.4. The van der Waals surface area contributed by atoms with E-state index in [0.29, 0.717) is 30.1 Å². The van der Waals surface area contributed by atoms with Gasteiger partial charge in [0.25, 0.3) is 0 Å². The third kappa shape index (κ3) is 5.14. The van der Waals surface area contributed by atoms with Gasteiger partial charge in [-0.1, -0.05) is 0 Å². The van der Waals surface area contributed by atoms with Crippen LogP contribution in [0.4, 0.5) is 16.2 Å². The van der Waals surface area contributed by atoms with Crippen molar-refractivity contribution in [2.45, 2.75) is 75.4 Å². The van der Waals surface area contributed by atoms with Gasteiger partial charge in [0.05, 0.1) is 10.6 Å². The van der Waals surface area contributed by atoms with E-state index in [1.165, 1.54) is 13.8 Å². The molecule has 2 aliphatic carbocycles. The summed E-state index contributed by atoms with van der Waals surface area (Å²) in [5, 5.41) is 17.6. The topological polar surface area (TPSA) is 120 Å². The van der Waals surface area contributed by atoms with Crippen LogP contribution in [0.25, 0.3) is 10.8 Å². The number of pyridine rings is 1. The Labute approximate surface area is 227 Å². The second-order valence-electron chi connectivity index (χ2n) is 11.4. The molecule has 2 N–H and O–H groups in total. The Kier molecular flexibility index (Phi) is 6.22. The number of alkyl halides is 1. The average molecular weight is 553 g/mol. The average Bonchev–Trinajstić information content (AvgIpc) is 3.54. The van der Waals surface area contributed by atoms with E-state index in [1.54, 1.807) is 17.2 Å². The molecule has 3 aromatic heterocycles. The van der Waals surface area contributed by atoms with E-state index in [2.05, 4.69) is 36.4 Å². The van der Waals surface area contributed by atoms with Crippen molar-refractivity contribution in [3.63, 3.8) is 0 Å². The van der Waals surface area contributed by atoms with Gasteiger partial charge in [0, 0.05) is 54.3 Å². The van der Waals surface area contributed by atoms with Gasteiger partial charge < -0.3 is 5.32 Å². The van der Waals surface area contributed by atoms with Crippen LogP contribution in [0.2, 0.25) is 0 Å². The Balaban J connectivity index is 1.42. The molecule has 1 fully saturated rings. The number of sulfonamides is 1. The van der Waals surface area contributed by atoms with Crippen LogP contribution in [0.5, 0.6) is 0 Å². The molecule has 0 bridgehead atoms. The van der Waals surface area contributed by atoms with E-state index in [9.17, 15) is 12.8 Å². The summed E-state index contributed by atoms with van der Waals surface area (Å²) in [4.78, 5) is 4.87. The van der Waals surface area contributed by atoms with Crippen LogP contribution in [0.3, 0.4) is 0 Å². The van der Waals surface area contributed by atoms with E-state index in [-0.39, 0.29) is 17.5 Å². The van der Waals surface area contributed by atoms with E-state index in [4.69, 9.17) is 0 Å². The number of hydrogen-bond donors (Lipinski definition) is 2. The van der Waals surface area contributed by atoms with E-state index >= 15 is 0 Å². The molecule has 39 heavy (non-hydrogen) atoms. The fourth-order valence-corrected chi connectivity index (χ4v) is 7.09. The molecule has 4 aromatic rings. The summed E-state index contributed by atoms with van der Waals surface area (Å²) in [5.74, 6) is 1.72. The maximum absolute atomic E-state index is 14.4. The molecule has 206 valence electrons. The molecule has 3 heterocycles. The largest absolute Gasteiger partial charge is 0.309 e. The van der Waals surface area contributed by atoms with Gasteiger partial charge in [-0.3, -0.25) is 14.2 Å². The summed E-state index contributed by atoms with van der Waals surface area (Å²) < 4.78 is 48.4. The van der Waals surface area contributed by atoms with Gasteiger partial charge in [-0.05, 0) is 76.1 Å². The molecule has 12 heteroatoms. The number of rotatable bonds is 8. The minimum atomic E-state index is -4.02. The molecule has 1 saturated carbocycles. The fourth-order valence-electron chi connectivity index (χ4n) is 5.41. The Morgan fingerprint density at radius 2 is 1.97 bits per heavy atom. The molecule has 0 spiro atoms. The highest BCUT2D eigenvalue weighted by atomic mass is 32.2. The summed E-state index contributed by atoms with van der Waals surface area (Å²) in [6.07, 6.45) is 7.51. The van der Waals surface area contributed by atoms with Crippen LogP contribution in [0.1, 0.15) is 67.6 Å². The summed E-state index contributed by atoms with van der Waals surface area (Å²) >= 11 is 0. The predicted molar refractivity (Wildman–Crippen MR) is 146 cm³/mol. The molecular formula is C27H33FN8O2S. The van der Waals surface area contributed by atoms with Crippen molar-refractivity contribution < 1.29 is 12.8 Å². The monoisotopic (exact) mass is 552 g/mol. The van der Waals surface area contributed by atoms with Crippen LogP contribution in [-0.4, -0.2) is 50.2 Å². The molecule has 0 amide bonds. The number of nitrogens with one attached hydrogen (secondary N) is 2. The number of aryl methyl sites for hydroxylation is 3. The van der Waals surface area contributed by atoms with Crippen molar-refractivity contribution in [1.82, 2.24) is 34.3 Å². The lowest BCUT2D eigenvalue weighted by Crippen LogP contribution is -2.36. The first-order valence-electron chi connectivity index (χ1n) is 13.3. The first kappa shape index (κ1) is 25.9. The molecule has 1 unspecified atom stereocenters. The summed E-state index contributed by atoms with van der Waals surface area (Å²) in [6, 6.07) is 5.84. The molecule has 2 aliphatic rings. The fraction of sp³-hybridized carbons (Fsp3) is 0.481. The van der Waals surface area contributed by atoms with Crippen LogP contribution < -0.4 is 10.0 Å². The number of aromatic nitrogens is 6. The lowest BCUT2D eigenvalue weighted by Gasteiger charge is -2.29. The third-order valence-corrected chi connectivity index (χ3v) is 9.06. The van der Waals surface area contributed by atoms with Crippen LogP contribution >= 0.6 is 0 Å². The Bertz CT molecular complexity index is 1670. The van der Waals surface area contributed by atoms with Crippen LogP contribution in [-0.2, 0) is 29.9 Å². The van der Waals surface area contributed by atoms with Crippen LogP contribution in [0, 0.1) is 6.92 Å².